The average molecular weight is 378 g/mol. The number of hydrogen-bond donors (Lipinski definition) is 2. The van der Waals surface area contributed by atoms with Gasteiger partial charge < -0.3 is 15.5 Å². The molecule has 0 aromatic heterocycles. The molecule has 0 spiro atoms. The number of amides is 3. The van der Waals surface area contributed by atoms with Gasteiger partial charge in [-0.3, -0.25) is 4.79 Å². The molecular formula is C18H17Cl2N3O2. The summed E-state index contributed by atoms with van der Waals surface area (Å²) >= 11 is 11.9. The number of hydrogen-bond acceptors (Lipinski definition) is 2. The monoisotopic (exact) mass is 377 g/mol. The van der Waals surface area contributed by atoms with Crippen molar-refractivity contribution >= 4 is 35.1 Å². The quantitative estimate of drug-likeness (QED) is 0.858. The van der Waals surface area contributed by atoms with Gasteiger partial charge >= 0.3 is 6.03 Å². The van der Waals surface area contributed by atoms with Gasteiger partial charge in [0.2, 0.25) is 5.91 Å². The number of benzene rings is 2. The number of urea groups is 1. The third-order valence-corrected chi connectivity index (χ3v) is 4.73. The lowest BCUT2D eigenvalue weighted by Crippen LogP contribution is -2.45. The van der Waals surface area contributed by atoms with Crippen molar-refractivity contribution in [2.45, 2.75) is 12.1 Å². The van der Waals surface area contributed by atoms with Crippen LogP contribution in [0.4, 0.5) is 4.79 Å². The summed E-state index contributed by atoms with van der Waals surface area (Å²) < 4.78 is 0. The van der Waals surface area contributed by atoms with Crippen LogP contribution >= 0.6 is 23.2 Å². The Labute approximate surface area is 155 Å². The maximum absolute atomic E-state index is 12.7. The summed E-state index contributed by atoms with van der Waals surface area (Å²) in [6.07, 6.45) is 0. The minimum Gasteiger partial charge on any atom is -0.343 e. The van der Waals surface area contributed by atoms with Crippen LogP contribution in [0.3, 0.4) is 0 Å². The van der Waals surface area contributed by atoms with E-state index in [4.69, 9.17) is 23.2 Å². The molecule has 0 radical (unpaired) electrons. The molecule has 1 atom stereocenters. The largest absolute Gasteiger partial charge is 0.343 e. The number of nitrogens with zero attached hydrogens (tertiary/aromatic N) is 1. The number of rotatable bonds is 4. The fourth-order valence-electron chi connectivity index (χ4n) is 2.76. The predicted octanol–water partition coefficient (Wildman–Crippen LogP) is 3.22. The van der Waals surface area contributed by atoms with Crippen LogP contribution in [0, 0.1) is 0 Å². The average Bonchev–Trinajstić information content (AvgIpc) is 2.94. The highest BCUT2D eigenvalue weighted by molar-refractivity contribution is 6.30. The van der Waals surface area contributed by atoms with Gasteiger partial charge in [0.05, 0.1) is 6.04 Å². The topological polar surface area (TPSA) is 61.4 Å². The van der Waals surface area contributed by atoms with Crippen LogP contribution in [0.15, 0.2) is 48.5 Å². The van der Waals surface area contributed by atoms with E-state index in [0.29, 0.717) is 10.0 Å². The second kappa shape index (κ2) is 7.33. The number of halogens is 2. The van der Waals surface area contributed by atoms with Gasteiger partial charge in [0.1, 0.15) is 6.04 Å². The zero-order valence-corrected chi connectivity index (χ0v) is 15.0. The highest BCUT2D eigenvalue weighted by Gasteiger charge is 2.34. The Kier molecular flexibility index (Phi) is 5.16. The summed E-state index contributed by atoms with van der Waals surface area (Å²) in [7, 11) is 1.60. The SMILES string of the molecule is CN1C(=O)NCC1C(=O)NC(c1ccc(Cl)cc1)c1ccc(Cl)cc1. The standard InChI is InChI=1S/C18H17Cl2N3O2/c1-23-15(10-21-18(23)25)17(24)22-16(11-2-6-13(19)7-3-11)12-4-8-14(20)9-5-12/h2-9,15-16H,10H2,1H3,(H,21,25)(H,22,24). The molecule has 1 saturated heterocycles. The Morgan fingerprint density at radius 3 is 1.96 bits per heavy atom. The van der Waals surface area contributed by atoms with Gasteiger partial charge in [-0.15, -0.1) is 0 Å². The van der Waals surface area contributed by atoms with E-state index in [2.05, 4.69) is 10.6 Å². The smallest absolute Gasteiger partial charge is 0.317 e. The molecule has 5 nitrogen and oxygen atoms in total. The normalized spacial score (nSPS) is 16.9. The molecule has 3 rings (SSSR count). The van der Waals surface area contributed by atoms with E-state index in [1.165, 1.54) is 4.90 Å². The summed E-state index contributed by atoms with van der Waals surface area (Å²) in [6, 6.07) is 13.4. The second-order valence-electron chi connectivity index (χ2n) is 5.86. The van der Waals surface area contributed by atoms with Crippen LogP contribution in [0.1, 0.15) is 17.2 Å². The Balaban J connectivity index is 1.88. The fraction of sp³-hybridized carbons (Fsp3) is 0.222. The summed E-state index contributed by atoms with van der Waals surface area (Å²) in [5.74, 6) is -0.226. The first-order valence-electron chi connectivity index (χ1n) is 7.77. The lowest BCUT2D eigenvalue weighted by molar-refractivity contribution is -0.124. The van der Waals surface area contributed by atoms with Gasteiger partial charge in [-0.25, -0.2) is 4.79 Å². The third-order valence-electron chi connectivity index (χ3n) is 4.23. The van der Waals surface area contributed by atoms with Crippen molar-refractivity contribution in [3.63, 3.8) is 0 Å². The highest BCUT2D eigenvalue weighted by atomic mass is 35.5. The predicted molar refractivity (Wildman–Crippen MR) is 97.8 cm³/mol. The lowest BCUT2D eigenvalue weighted by atomic mass is 9.98. The maximum atomic E-state index is 12.7. The summed E-state index contributed by atoms with van der Waals surface area (Å²) in [5.41, 5.74) is 1.78. The van der Waals surface area contributed by atoms with E-state index < -0.39 is 6.04 Å². The maximum Gasteiger partial charge on any atom is 0.317 e. The molecule has 7 heteroatoms. The summed E-state index contributed by atoms with van der Waals surface area (Å²) in [6.45, 7) is 0.287. The molecule has 2 N–H and O–H groups in total. The van der Waals surface area contributed by atoms with E-state index in [-0.39, 0.29) is 24.5 Å². The van der Waals surface area contributed by atoms with E-state index in [9.17, 15) is 9.59 Å². The molecule has 0 saturated carbocycles. The molecule has 130 valence electrons. The molecule has 1 heterocycles. The van der Waals surface area contributed by atoms with E-state index in [1.807, 2.05) is 24.3 Å². The molecule has 1 aliphatic rings. The van der Waals surface area contributed by atoms with Crippen molar-refractivity contribution in [1.29, 1.82) is 0 Å². The molecular weight excluding hydrogens is 361 g/mol. The molecule has 25 heavy (non-hydrogen) atoms. The first-order chi connectivity index (χ1) is 12.0. The zero-order chi connectivity index (χ0) is 18.0. The Morgan fingerprint density at radius 1 is 1.08 bits per heavy atom. The van der Waals surface area contributed by atoms with Crippen LogP contribution in [-0.4, -0.2) is 36.5 Å². The summed E-state index contributed by atoms with van der Waals surface area (Å²) in [5, 5.41) is 6.92. The third kappa shape index (κ3) is 3.89. The van der Waals surface area contributed by atoms with E-state index >= 15 is 0 Å². The Morgan fingerprint density at radius 2 is 1.56 bits per heavy atom. The van der Waals surface area contributed by atoms with E-state index in [1.54, 1.807) is 31.3 Å². The molecule has 0 aliphatic carbocycles. The van der Waals surface area contributed by atoms with Crippen molar-refractivity contribution < 1.29 is 9.59 Å². The number of carbonyl (C=O) groups is 2. The van der Waals surface area contributed by atoms with Gasteiger partial charge in [-0.2, -0.15) is 0 Å². The molecule has 2 aromatic carbocycles. The summed E-state index contributed by atoms with van der Waals surface area (Å²) in [4.78, 5) is 25.7. The van der Waals surface area contributed by atoms with Crippen LogP contribution in [0.25, 0.3) is 0 Å². The number of likely N-dealkylation sites (N-methyl/N-ethyl adjacent to an activating group) is 1. The van der Waals surface area contributed by atoms with Crippen LogP contribution in [0.5, 0.6) is 0 Å². The van der Waals surface area contributed by atoms with Crippen molar-refractivity contribution in [3.05, 3.63) is 69.7 Å². The number of nitrogens with one attached hydrogen (secondary N) is 2. The zero-order valence-electron chi connectivity index (χ0n) is 13.5. The molecule has 2 aromatic rings. The Hall–Kier alpha value is -2.24. The molecule has 1 unspecified atom stereocenters. The Bertz CT molecular complexity index is 732. The van der Waals surface area contributed by atoms with Crippen molar-refractivity contribution in [3.8, 4) is 0 Å². The van der Waals surface area contributed by atoms with Gasteiger partial charge in [-0.1, -0.05) is 47.5 Å². The van der Waals surface area contributed by atoms with E-state index in [0.717, 1.165) is 11.1 Å². The highest BCUT2D eigenvalue weighted by Crippen LogP contribution is 2.25. The van der Waals surface area contributed by atoms with Crippen LogP contribution in [0.2, 0.25) is 10.0 Å². The number of carbonyl (C=O) groups excluding carboxylic acids is 2. The molecule has 1 aliphatic heterocycles. The fourth-order valence-corrected chi connectivity index (χ4v) is 3.02. The van der Waals surface area contributed by atoms with Crippen molar-refractivity contribution in [2.24, 2.45) is 0 Å². The van der Waals surface area contributed by atoms with Crippen LogP contribution < -0.4 is 10.6 Å². The first kappa shape index (κ1) is 17.6. The minimum absolute atomic E-state index is 0.226. The molecule has 1 fully saturated rings. The first-order valence-corrected chi connectivity index (χ1v) is 8.53. The van der Waals surface area contributed by atoms with Crippen molar-refractivity contribution in [2.75, 3.05) is 13.6 Å². The minimum atomic E-state index is -0.547. The lowest BCUT2D eigenvalue weighted by Gasteiger charge is -2.24. The van der Waals surface area contributed by atoms with Gasteiger partial charge in [0.15, 0.2) is 0 Å². The molecule has 0 bridgehead atoms. The van der Waals surface area contributed by atoms with Crippen molar-refractivity contribution in [1.82, 2.24) is 15.5 Å². The van der Waals surface area contributed by atoms with Gasteiger partial charge in [-0.05, 0) is 35.4 Å². The van der Waals surface area contributed by atoms with Gasteiger partial charge in [0.25, 0.3) is 0 Å². The second-order valence-corrected chi connectivity index (χ2v) is 6.73. The molecule has 3 amide bonds. The van der Waals surface area contributed by atoms with Gasteiger partial charge in [0, 0.05) is 23.6 Å². The van der Waals surface area contributed by atoms with Crippen LogP contribution in [-0.2, 0) is 4.79 Å².